The summed E-state index contributed by atoms with van der Waals surface area (Å²) >= 11 is 3.57. The Bertz CT molecular complexity index is 419. The van der Waals surface area contributed by atoms with Crippen LogP contribution in [-0.4, -0.2) is 17.2 Å². The van der Waals surface area contributed by atoms with Crippen LogP contribution in [0.25, 0.3) is 0 Å². The van der Waals surface area contributed by atoms with Gasteiger partial charge in [-0.25, -0.2) is 0 Å². The van der Waals surface area contributed by atoms with E-state index < -0.39 is 6.10 Å². The molecule has 2 unspecified atom stereocenters. The van der Waals surface area contributed by atoms with Crippen molar-refractivity contribution in [2.24, 2.45) is 0 Å². The Labute approximate surface area is 118 Å². The van der Waals surface area contributed by atoms with Gasteiger partial charge in [0, 0.05) is 22.2 Å². The highest BCUT2D eigenvalue weighted by Crippen LogP contribution is 2.35. The van der Waals surface area contributed by atoms with Crippen molar-refractivity contribution in [3.63, 3.8) is 0 Å². The predicted octanol–water partition coefficient (Wildman–Crippen LogP) is 4.27. The Hall–Kier alpha value is -0.540. The van der Waals surface area contributed by atoms with Crippen LogP contribution in [0.4, 0.5) is 5.69 Å². The summed E-state index contributed by atoms with van der Waals surface area (Å²) in [5.74, 6) is 0. The van der Waals surface area contributed by atoms with Crippen molar-refractivity contribution in [3.8, 4) is 0 Å². The molecule has 0 spiro atoms. The molecule has 0 amide bonds. The first kappa shape index (κ1) is 13.9. The van der Waals surface area contributed by atoms with Crippen LogP contribution >= 0.6 is 15.9 Å². The zero-order valence-corrected chi connectivity index (χ0v) is 12.9. The molecule has 1 fully saturated rings. The highest BCUT2D eigenvalue weighted by molar-refractivity contribution is 9.10. The molecule has 3 atom stereocenters. The van der Waals surface area contributed by atoms with Gasteiger partial charge < -0.3 is 10.0 Å². The van der Waals surface area contributed by atoms with Gasteiger partial charge in [-0.3, -0.25) is 0 Å². The summed E-state index contributed by atoms with van der Waals surface area (Å²) in [6.07, 6.45) is 3.33. The van der Waals surface area contributed by atoms with Gasteiger partial charge in [0.25, 0.3) is 0 Å². The molecule has 2 rings (SSSR count). The van der Waals surface area contributed by atoms with Crippen molar-refractivity contribution in [3.05, 3.63) is 28.2 Å². The van der Waals surface area contributed by atoms with Gasteiger partial charge in [0.05, 0.1) is 6.10 Å². The fourth-order valence-corrected chi connectivity index (χ4v) is 3.65. The molecule has 18 heavy (non-hydrogen) atoms. The second-order valence-electron chi connectivity index (χ2n) is 5.28. The van der Waals surface area contributed by atoms with Crippen LogP contribution < -0.4 is 4.90 Å². The molecule has 3 heteroatoms. The van der Waals surface area contributed by atoms with Crippen molar-refractivity contribution >= 4 is 21.6 Å². The number of aliphatic hydroxyl groups excluding tert-OH is 1. The first-order valence-electron chi connectivity index (χ1n) is 6.80. The number of benzene rings is 1. The summed E-state index contributed by atoms with van der Waals surface area (Å²) in [5, 5.41) is 9.67. The van der Waals surface area contributed by atoms with Crippen molar-refractivity contribution < 1.29 is 5.11 Å². The fraction of sp³-hybridized carbons (Fsp3) is 0.600. The van der Waals surface area contributed by atoms with E-state index >= 15 is 0 Å². The molecular formula is C15H22BrNO. The minimum atomic E-state index is -0.425. The van der Waals surface area contributed by atoms with Crippen molar-refractivity contribution in [1.29, 1.82) is 0 Å². The van der Waals surface area contributed by atoms with Crippen LogP contribution in [0.5, 0.6) is 0 Å². The summed E-state index contributed by atoms with van der Waals surface area (Å²) in [7, 11) is 0. The van der Waals surface area contributed by atoms with E-state index in [0.717, 1.165) is 10.0 Å². The molecule has 0 radical (unpaired) electrons. The monoisotopic (exact) mass is 311 g/mol. The Balaban J connectivity index is 2.31. The minimum Gasteiger partial charge on any atom is -0.389 e. The topological polar surface area (TPSA) is 23.5 Å². The van der Waals surface area contributed by atoms with Gasteiger partial charge in [-0.15, -0.1) is 0 Å². The second kappa shape index (κ2) is 5.62. The molecule has 1 aromatic rings. The van der Waals surface area contributed by atoms with E-state index in [1.165, 1.54) is 24.9 Å². The standard InChI is InChI=1S/C15H22BrNO/c1-4-12-6-5-10(2)17(12)13-7-8-14(11(3)18)15(16)9-13/h7-12,18H,4-6H2,1-3H3/t10?,11-,12?/m0/s1. The Morgan fingerprint density at radius 2 is 2.17 bits per heavy atom. The van der Waals surface area contributed by atoms with E-state index in [2.05, 4.69) is 46.8 Å². The second-order valence-corrected chi connectivity index (χ2v) is 6.13. The molecule has 1 aliphatic rings. The highest BCUT2D eigenvalue weighted by Gasteiger charge is 2.29. The first-order valence-corrected chi connectivity index (χ1v) is 7.59. The van der Waals surface area contributed by atoms with Gasteiger partial charge in [-0.05, 0) is 50.8 Å². The van der Waals surface area contributed by atoms with Crippen LogP contribution in [0.2, 0.25) is 0 Å². The van der Waals surface area contributed by atoms with Gasteiger partial charge in [0.2, 0.25) is 0 Å². The van der Waals surface area contributed by atoms with Crippen LogP contribution in [-0.2, 0) is 0 Å². The molecule has 0 bridgehead atoms. The number of anilines is 1. The largest absolute Gasteiger partial charge is 0.389 e. The van der Waals surface area contributed by atoms with Gasteiger partial charge in [0.1, 0.15) is 0 Å². The van der Waals surface area contributed by atoms with Crippen molar-refractivity contribution in [2.45, 2.75) is 58.2 Å². The van der Waals surface area contributed by atoms with Crippen molar-refractivity contribution in [2.75, 3.05) is 4.90 Å². The van der Waals surface area contributed by atoms with E-state index in [4.69, 9.17) is 0 Å². The Kier molecular flexibility index (Phi) is 4.33. The quantitative estimate of drug-likeness (QED) is 0.901. The maximum Gasteiger partial charge on any atom is 0.0772 e. The average Bonchev–Trinajstić information content (AvgIpc) is 2.69. The molecule has 2 nitrogen and oxygen atoms in total. The van der Waals surface area contributed by atoms with Gasteiger partial charge in [-0.1, -0.05) is 28.9 Å². The van der Waals surface area contributed by atoms with Crippen LogP contribution in [0, 0.1) is 0 Å². The summed E-state index contributed by atoms with van der Waals surface area (Å²) in [6, 6.07) is 7.58. The van der Waals surface area contributed by atoms with Crippen LogP contribution in [0.1, 0.15) is 51.7 Å². The maximum atomic E-state index is 9.67. The van der Waals surface area contributed by atoms with Gasteiger partial charge in [0.15, 0.2) is 0 Å². The van der Waals surface area contributed by atoms with E-state index in [0.29, 0.717) is 12.1 Å². The number of hydrogen-bond acceptors (Lipinski definition) is 2. The third-order valence-corrected chi connectivity index (χ3v) is 4.68. The normalized spacial score (nSPS) is 25.5. The Morgan fingerprint density at radius 1 is 1.44 bits per heavy atom. The molecule has 1 N–H and O–H groups in total. The number of nitrogens with zero attached hydrogens (tertiary/aromatic N) is 1. The fourth-order valence-electron chi connectivity index (χ4n) is 2.95. The lowest BCUT2D eigenvalue weighted by Gasteiger charge is -2.31. The van der Waals surface area contributed by atoms with Crippen LogP contribution in [0.15, 0.2) is 22.7 Å². The summed E-state index contributed by atoms with van der Waals surface area (Å²) in [6.45, 7) is 6.36. The third kappa shape index (κ3) is 2.57. The zero-order chi connectivity index (χ0) is 13.3. The molecule has 0 aliphatic carbocycles. The predicted molar refractivity (Wildman–Crippen MR) is 80.0 cm³/mol. The van der Waals surface area contributed by atoms with Crippen LogP contribution in [0.3, 0.4) is 0 Å². The molecule has 1 saturated heterocycles. The van der Waals surface area contributed by atoms with E-state index in [1.807, 2.05) is 6.07 Å². The van der Waals surface area contributed by atoms with Gasteiger partial charge in [-0.2, -0.15) is 0 Å². The number of hydrogen-bond donors (Lipinski definition) is 1. The molecule has 0 saturated carbocycles. The molecule has 100 valence electrons. The van der Waals surface area contributed by atoms with Crippen molar-refractivity contribution in [1.82, 2.24) is 0 Å². The summed E-state index contributed by atoms with van der Waals surface area (Å²) in [4.78, 5) is 2.52. The molecular weight excluding hydrogens is 290 g/mol. The van der Waals surface area contributed by atoms with E-state index in [-0.39, 0.29) is 0 Å². The first-order chi connectivity index (χ1) is 8.54. The van der Waals surface area contributed by atoms with Gasteiger partial charge >= 0.3 is 0 Å². The molecule has 0 aromatic heterocycles. The molecule has 1 heterocycles. The summed E-state index contributed by atoms with van der Waals surface area (Å²) in [5.41, 5.74) is 2.22. The van der Waals surface area contributed by atoms with E-state index in [9.17, 15) is 5.11 Å². The summed E-state index contributed by atoms with van der Waals surface area (Å²) < 4.78 is 1.00. The zero-order valence-electron chi connectivity index (χ0n) is 11.4. The number of halogens is 1. The Morgan fingerprint density at radius 3 is 2.72 bits per heavy atom. The smallest absolute Gasteiger partial charge is 0.0772 e. The average molecular weight is 312 g/mol. The number of rotatable bonds is 3. The highest BCUT2D eigenvalue weighted by atomic mass is 79.9. The SMILES string of the molecule is CCC1CCC(C)N1c1ccc([C@H](C)O)c(Br)c1. The lowest BCUT2D eigenvalue weighted by atomic mass is 10.1. The lowest BCUT2D eigenvalue weighted by Crippen LogP contribution is -2.34. The number of aliphatic hydroxyl groups is 1. The molecule has 1 aromatic carbocycles. The third-order valence-electron chi connectivity index (χ3n) is 3.99. The minimum absolute atomic E-state index is 0.425. The maximum absolute atomic E-state index is 9.67. The van der Waals surface area contributed by atoms with E-state index in [1.54, 1.807) is 6.92 Å². The lowest BCUT2D eigenvalue weighted by molar-refractivity contribution is 0.198. The molecule has 1 aliphatic heterocycles.